The number of carbonyl (C=O) groups is 5. The minimum absolute atomic E-state index is 0.0129. The lowest BCUT2D eigenvalue weighted by Gasteiger charge is -2.44. The van der Waals surface area contributed by atoms with Crippen molar-refractivity contribution in [2.24, 2.45) is 17.8 Å². The second-order valence-electron chi connectivity index (χ2n) is 11.9. The van der Waals surface area contributed by atoms with Crippen molar-refractivity contribution in [1.29, 1.82) is 0 Å². The molecule has 2 aliphatic rings. The van der Waals surface area contributed by atoms with Crippen LogP contribution < -0.4 is 26.8 Å². The molecule has 4 N–H and O–H groups in total. The molecule has 0 radical (unpaired) electrons. The molecule has 0 aliphatic heterocycles. The van der Waals surface area contributed by atoms with Crippen molar-refractivity contribution in [2.45, 2.75) is 83.6 Å². The summed E-state index contributed by atoms with van der Waals surface area (Å²) in [6, 6.07) is 1.22. The number of Topliss-reactive ketones (excluding diaryl/α,β-unsaturated/α-hetero) is 1. The quantitative estimate of drug-likeness (QED) is 0.268. The van der Waals surface area contributed by atoms with Crippen LogP contribution in [0.1, 0.15) is 72.2 Å². The Kier molecular flexibility index (Phi) is 11.0. The van der Waals surface area contributed by atoms with Gasteiger partial charge in [-0.2, -0.15) is 13.2 Å². The fraction of sp³-hybridized carbons (Fsp3) is 0.567. The fourth-order valence-corrected chi connectivity index (χ4v) is 7.22. The maximum Gasteiger partial charge on any atom is 0.443 e. The summed E-state index contributed by atoms with van der Waals surface area (Å²) >= 11 is 0.0902. The number of anilines is 1. The zero-order valence-corrected chi connectivity index (χ0v) is 26.5. The number of nitrogens with zero attached hydrogens (tertiary/aromatic N) is 2. The first-order valence-electron chi connectivity index (χ1n) is 15.1. The molecular weight excluding hydrogens is 629 g/mol. The van der Waals surface area contributed by atoms with Crippen LogP contribution in [0.3, 0.4) is 0 Å². The van der Waals surface area contributed by atoms with E-state index in [1.165, 1.54) is 38.7 Å². The molecular formula is C30H37F3N6O6S. The zero-order chi connectivity index (χ0) is 33.8. The molecule has 2 heterocycles. The Balaban J connectivity index is 1.47. The van der Waals surface area contributed by atoms with E-state index in [1.54, 1.807) is 0 Å². The predicted octanol–water partition coefficient (Wildman–Crippen LogP) is 2.80. The molecule has 250 valence electrons. The zero-order valence-electron chi connectivity index (χ0n) is 25.7. The largest absolute Gasteiger partial charge is 0.443 e. The summed E-state index contributed by atoms with van der Waals surface area (Å²) < 4.78 is 40.6. The number of halogens is 3. The lowest BCUT2D eigenvalue weighted by molar-refractivity contribution is -0.137. The number of hydrogen-bond donors (Lipinski definition) is 4. The second kappa shape index (κ2) is 14.6. The number of ketones is 1. The van der Waals surface area contributed by atoms with E-state index in [1.807, 2.05) is 0 Å². The number of likely N-dealkylation sites (N-methyl/N-ethyl adjacent to an activating group) is 1. The number of hydrogen-bond acceptors (Lipinski definition) is 8. The molecule has 0 saturated heterocycles. The number of pyridine rings is 1. The van der Waals surface area contributed by atoms with Crippen molar-refractivity contribution in [3.63, 3.8) is 0 Å². The van der Waals surface area contributed by atoms with Gasteiger partial charge in [-0.15, -0.1) is 11.3 Å². The van der Waals surface area contributed by atoms with E-state index in [2.05, 4.69) is 33.2 Å². The summed E-state index contributed by atoms with van der Waals surface area (Å²) in [6.45, 7) is 3.03. The maximum absolute atomic E-state index is 13.3. The molecule has 4 amide bonds. The summed E-state index contributed by atoms with van der Waals surface area (Å²) in [5, 5.41) is 8.69. The van der Waals surface area contributed by atoms with Gasteiger partial charge in [0.15, 0.2) is 5.01 Å². The average molecular weight is 667 g/mol. The monoisotopic (exact) mass is 666 g/mol. The molecule has 2 aromatic heterocycles. The van der Waals surface area contributed by atoms with Gasteiger partial charge in [0, 0.05) is 25.7 Å². The van der Waals surface area contributed by atoms with Gasteiger partial charge < -0.3 is 25.8 Å². The number of aryl methyl sites for hydroxylation is 1. The molecule has 5 unspecified atom stereocenters. The Labute approximate surface area is 266 Å². The van der Waals surface area contributed by atoms with Crippen molar-refractivity contribution >= 4 is 46.4 Å². The van der Waals surface area contributed by atoms with Crippen LogP contribution in [0.4, 0.5) is 18.9 Å². The standard InChI is InChI=1S/C30H37F3N6O6S/c1-15-12-17-6-4-7-18(13-17)23(15)38-22(41)14-39-11-5-8-20(28(39)45)37-25(42)19(9-10-21(40)26(43)34-3)36-27(44)24-16(2)35-29(46-24)30(31,32)33/h5,8,11,15,17-19,23H,4,6-7,9-10,12-14H2,1-3H3,(H,34,43)(H,36,44)(H,37,42)(H,38,41). The van der Waals surface area contributed by atoms with Gasteiger partial charge in [-0.1, -0.05) is 19.8 Å². The summed E-state index contributed by atoms with van der Waals surface area (Å²) in [6.07, 6.45) is 1.23. The van der Waals surface area contributed by atoms with Crippen LogP contribution in [0.5, 0.6) is 0 Å². The summed E-state index contributed by atoms with van der Waals surface area (Å²) in [5.41, 5.74) is -1.16. The lowest BCUT2D eigenvalue weighted by atomic mass is 9.65. The van der Waals surface area contributed by atoms with Gasteiger partial charge in [0.25, 0.3) is 17.4 Å². The molecule has 2 fully saturated rings. The highest BCUT2D eigenvalue weighted by molar-refractivity contribution is 7.13. The summed E-state index contributed by atoms with van der Waals surface area (Å²) in [4.78, 5) is 79.3. The number of aromatic nitrogens is 2. The van der Waals surface area contributed by atoms with Crippen LogP contribution >= 0.6 is 11.3 Å². The van der Waals surface area contributed by atoms with Gasteiger partial charge >= 0.3 is 6.18 Å². The van der Waals surface area contributed by atoms with Crippen LogP contribution in [0.2, 0.25) is 0 Å². The molecule has 0 aromatic carbocycles. The lowest BCUT2D eigenvalue weighted by Crippen LogP contribution is -2.50. The van der Waals surface area contributed by atoms with Gasteiger partial charge in [0.1, 0.15) is 23.2 Å². The first kappa shape index (κ1) is 34.8. The van der Waals surface area contributed by atoms with Crippen LogP contribution in [-0.4, -0.2) is 58.1 Å². The van der Waals surface area contributed by atoms with E-state index in [0.29, 0.717) is 17.8 Å². The minimum Gasteiger partial charge on any atom is -0.353 e. The molecule has 2 aromatic rings. The number of fused-ring (bicyclic) bond motifs is 2. The van der Waals surface area contributed by atoms with Crippen molar-refractivity contribution in [3.8, 4) is 0 Å². The Morgan fingerprint density at radius 3 is 2.57 bits per heavy atom. The molecule has 2 saturated carbocycles. The van der Waals surface area contributed by atoms with Gasteiger partial charge in [-0.3, -0.25) is 28.8 Å². The number of alkyl halides is 3. The average Bonchev–Trinajstić information content (AvgIpc) is 3.41. The SMILES string of the molecule is CNC(=O)C(=O)CCC(NC(=O)c1sc(C(F)(F)F)nc1C)C(=O)Nc1cccn(CC(=O)NC2C(C)CC3CCCC2C3)c1=O. The second-order valence-corrected chi connectivity index (χ2v) is 12.9. The number of rotatable bonds is 11. The number of nitrogens with one attached hydrogen (secondary N) is 4. The van der Waals surface area contributed by atoms with E-state index >= 15 is 0 Å². The van der Waals surface area contributed by atoms with Crippen molar-refractivity contribution in [2.75, 3.05) is 12.4 Å². The van der Waals surface area contributed by atoms with Crippen LogP contribution in [0.15, 0.2) is 23.1 Å². The van der Waals surface area contributed by atoms with E-state index < -0.39 is 64.0 Å². The molecule has 5 atom stereocenters. The Morgan fingerprint density at radius 2 is 1.89 bits per heavy atom. The van der Waals surface area contributed by atoms with Crippen molar-refractivity contribution in [3.05, 3.63) is 44.3 Å². The van der Waals surface area contributed by atoms with E-state index in [-0.39, 0.29) is 41.2 Å². The predicted molar refractivity (Wildman–Crippen MR) is 162 cm³/mol. The molecule has 0 spiro atoms. The van der Waals surface area contributed by atoms with Gasteiger partial charge in [-0.05, 0) is 62.5 Å². The molecule has 2 bridgehead atoms. The third kappa shape index (κ3) is 8.39. The molecule has 46 heavy (non-hydrogen) atoms. The highest BCUT2D eigenvalue weighted by Gasteiger charge is 2.39. The van der Waals surface area contributed by atoms with Crippen molar-refractivity contribution in [1.82, 2.24) is 25.5 Å². The first-order valence-corrected chi connectivity index (χ1v) is 15.9. The number of carbonyl (C=O) groups excluding carboxylic acids is 5. The van der Waals surface area contributed by atoms with Crippen LogP contribution in [-0.2, 0) is 31.9 Å². The van der Waals surface area contributed by atoms with Gasteiger partial charge in [0.05, 0.1) is 5.69 Å². The number of thiazole rings is 1. The third-order valence-corrected chi connectivity index (χ3v) is 9.78. The molecule has 2 aliphatic carbocycles. The van der Waals surface area contributed by atoms with Crippen LogP contribution in [0, 0.1) is 24.7 Å². The van der Waals surface area contributed by atoms with E-state index in [9.17, 15) is 41.9 Å². The first-order chi connectivity index (χ1) is 21.7. The van der Waals surface area contributed by atoms with Gasteiger partial charge in [-0.25, -0.2) is 4.98 Å². The molecule has 12 nitrogen and oxygen atoms in total. The summed E-state index contributed by atoms with van der Waals surface area (Å²) in [5.74, 6) is -2.80. The summed E-state index contributed by atoms with van der Waals surface area (Å²) in [7, 11) is 1.23. The Morgan fingerprint density at radius 1 is 1.15 bits per heavy atom. The van der Waals surface area contributed by atoms with E-state index in [4.69, 9.17) is 0 Å². The topological polar surface area (TPSA) is 168 Å². The molecule has 16 heteroatoms. The Hall–Kier alpha value is -4.08. The minimum atomic E-state index is -4.79. The van der Waals surface area contributed by atoms with Crippen LogP contribution in [0.25, 0.3) is 0 Å². The smallest absolute Gasteiger partial charge is 0.353 e. The van der Waals surface area contributed by atoms with Crippen molar-refractivity contribution < 1.29 is 37.1 Å². The van der Waals surface area contributed by atoms with Gasteiger partial charge in [0.2, 0.25) is 17.6 Å². The highest BCUT2D eigenvalue weighted by atomic mass is 32.1. The Bertz CT molecular complexity index is 1550. The highest BCUT2D eigenvalue weighted by Crippen LogP contribution is 2.42. The third-order valence-electron chi connectivity index (χ3n) is 8.58. The normalized spacial score (nSPS) is 21.5. The van der Waals surface area contributed by atoms with E-state index in [0.717, 1.165) is 30.3 Å². The maximum atomic E-state index is 13.3. The fourth-order valence-electron chi connectivity index (χ4n) is 6.38. The molecule has 4 rings (SSSR count). The number of amides is 4.